The quantitative estimate of drug-likeness (QED) is 0.807. The average molecular weight is 214 g/mol. The van der Waals surface area contributed by atoms with Crippen molar-refractivity contribution in [2.75, 3.05) is 5.75 Å². The number of rotatable bonds is 4. The lowest BCUT2D eigenvalue weighted by atomic mass is 10.2. The van der Waals surface area contributed by atoms with Crippen molar-refractivity contribution in [2.24, 2.45) is 0 Å². The zero-order valence-electron chi connectivity index (χ0n) is 8.32. The molecule has 0 fully saturated rings. The molecule has 14 heavy (non-hydrogen) atoms. The number of hydrogen-bond donors (Lipinski definition) is 1. The summed E-state index contributed by atoms with van der Waals surface area (Å²) >= 11 is 0. The second kappa shape index (κ2) is 4.52. The first-order chi connectivity index (χ1) is 6.55. The molecule has 0 unspecified atom stereocenters. The van der Waals surface area contributed by atoms with Crippen LogP contribution in [0.3, 0.4) is 0 Å². The summed E-state index contributed by atoms with van der Waals surface area (Å²) in [5.41, 5.74) is 1.95. The molecule has 0 spiro atoms. The van der Waals surface area contributed by atoms with E-state index in [2.05, 4.69) is 9.71 Å². The van der Waals surface area contributed by atoms with Gasteiger partial charge in [-0.3, -0.25) is 4.98 Å². The van der Waals surface area contributed by atoms with Crippen LogP contribution in [0.1, 0.15) is 18.1 Å². The van der Waals surface area contributed by atoms with E-state index in [1.54, 1.807) is 19.3 Å². The summed E-state index contributed by atoms with van der Waals surface area (Å²) in [6, 6.07) is 1.86. The van der Waals surface area contributed by atoms with Gasteiger partial charge in [0.25, 0.3) is 0 Å². The molecule has 0 radical (unpaired) electrons. The molecule has 0 amide bonds. The smallest absolute Gasteiger partial charge is 0.211 e. The fraction of sp³-hybridized carbons (Fsp3) is 0.444. The Kier molecular flexibility index (Phi) is 3.60. The zero-order chi connectivity index (χ0) is 10.6. The van der Waals surface area contributed by atoms with Gasteiger partial charge in [-0.25, -0.2) is 13.1 Å². The van der Waals surface area contributed by atoms with Crippen LogP contribution in [0.4, 0.5) is 0 Å². The van der Waals surface area contributed by atoms with Crippen molar-refractivity contribution in [1.82, 2.24) is 9.71 Å². The summed E-state index contributed by atoms with van der Waals surface area (Å²) in [7, 11) is -3.11. The van der Waals surface area contributed by atoms with Gasteiger partial charge in [-0.05, 0) is 31.0 Å². The number of sulfonamides is 1. The largest absolute Gasteiger partial charge is 0.264 e. The van der Waals surface area contributed by atoms with E-state index in [0.717, 1.165) is 11.1 Å². The highest BCUT2D eigenvalue weighted by molar-refractivity contribution is 7.89. The van der Waals surface area contributed by atoms with Crippen LogP contribution in [0.2, 0.25) is 0 Å². The highest BCUT2D eigenvalue weighted by Crippen LogP contribution is 2.04. The first-order valence-corrected chi connectivity index (χ1v) is 6.07. The van der Waals surface area contributed by atoms with Crippen molar-refractivity contribution in [2.45, 2.75) is 20.4 Å². The fourth-order valence-electron chi connectivity index (χ4n) is 0.972. The van der Waals surface area contributed by atoms with Gasteiger partial charge in [0, 0.05) is 18.9 Å². The lowest BCUT2D eigenvalue weighted by Crippen LogP contribution is -2.25. The minimum absolute atomic E-state index is 0.103. The van der Waals surface area contributed by atoms with Crippen LogP contribution in [0, 0.1) is 6.92 Å². The maximum Gasteiger partial charge on any atom is 0.211 e. The molecule has 1 aromatic heterocycles. The number of hydrogen-bond acceptors (Lipinski definition) is 3. The van der Waals surface area contributed by atoms with Crippen LogP contribution in [0.25, 0.3) is 0 Å². The van der Waals surface area contributed by atoms with Gasteiger partial charge in [-0.1, -0.05) is 0 Å². The molecule has 1 rings (SSSR count). The Balaban J connectivity index is 2.68. The van der Waals surface area contributed by atoms with Gasteiger partial charge in [0.2, 0.25) is 10.0 Å². The van der Waals surface area contributed by atoms with Gasteiger partial charge in [0.05, 0.1) is 5.75 Å². The third kappa shape index (κ3) is 3.08. The summed E-state index contributed by atoms with van der Waals surface area (Å²) in [6.45, 7) is 3.85. The highest BCUT2D eigenvalue weighted by atomic mass is 32.2. The van der Waals surface area contributed by atoms with Gasteiger partial charge >= 0.3 is 0 Å². The number of aromatic nitrogens is 1. The van der Waals surface area contributed by atoms with Crippen molar-refractivity contribution in [3.8, 4) is 0 Å². The lowest BCUT2D eigenvalue weighted by Gasteiger charge is -2.06. The molecule has 0 atom stereocenters. The third-order valence-corrected chi connectivity index (χ3v) is 3.35. The number of aryl methyl sites for hydroxylation is 1. The first kappa shape index (κ1) is 11.1. The van der Waals surface area contributed by atoms with Crippen LogP contribution < -0.4 is 4.72 Å². The molecule has 0 bridgehead atoms. The number of nitrogens with zero attached hydrogens (tertiary/aromatic N) is 1. The topological polar surface area (TPSA) is 59.1 Å². The number of pyridine rings is 1. The average Bonchev–Trinajstić information content (AvgIpc) is 2.17. The van der Waals surface area contributed by atoms with E-state index in [1.807, 2.05) is 13.0 Å². The van der Waals surface area contributed by atoms with E-state index in [-0.39, 0.29) is 5.75 Å². The lowest BCUT2D eigenvalue weighted by molar-refractivity contribution is 0.582. The Morgan fingerprint density at radius 3 is 2.79 bits per heavy atom. The second-order valence-corrected chi connectivity index (χ2v) is 5.12. The molecular formula is C9H14N2O2S. The molecule has 1 aromatic rings. The van der Waals surface area contributed by atoms with E-state index in [0.29, 0.717) is 6.54 Å². The third-order valence-electron chi connectivity index (χ3n) is 2.01. The van der Waals surface area contributed by atoms with Crippen LogP contribution >= 0.6 is 0 Å². The van der Waals surface area contributed by atoms with Gasteiger partial charge < -0.3 is 0 Å². The molecule has 0 aliphatic rings. The van der Waals surface area contributed by atoms with E-state index in [9.17, 15) is 8.42 Å². The maximum atomic E-state index is 11.2. The Hall–Kier alpha value is -0.940. The molecule has 0 aromatic carbocycles. The first-order valence-electron chi connectivity index (χ1n) is 4.42. The fourth-order valence-corrected chi connectivity index (χ4v) is 1.55. The summed E-state index contributed by atoms with van der Waals surface area (Å²) < 4.78 is 24.8. The van der Waals surface area contributed by atoms with Crippen LogP contribution in [0.15, 0.2) is 18.5 Å². The van der Waals surface area contributed by atoms with Gasteiger partial charge in [-0.2, -0.15) is 0 Å². The van der Waals surface area contributed by atoms with E-state index in [1.165, 1.54) is 0 Å². The van der Waals surface area contributed by atoms with Crippen molar-refractivity contribution in [1.29, 1.82) is 0 Å². The minimum Gasteiger partial charge on any atom is -0.264 e. The van der Waals surface area contributed by atoms with Crippen LogP contribution in [-0.4, -0.2) is 19.2 Å². The SMILES string of the molecule is CCS(=O)(=O)NCc1cnccc1C. The molecule has 5 heteroatoms. The van der Waals surface area contributed by atoms with Crippen molar-refractivity contribution in [3.05, 3.63) is 29.6 Å². The molecular weight excluding hydrogens is 200 g/mol. The summed E-state index contributed by atoms with van der Waals surface area (Å²) in [5.74, 6) is 0.103. The summed E-state index contributed by atoms with van der Waals surface area (Å²) in [6.07, 6.45) is 3.36. The standard InChI is InChI=1S/C9H14N2O2S/c1-3-14(12,13)11-7-9-6-10-5-4-8(9)2/h4-6,11H,3,7H2,1-2H3. The van der Waals surface area contributed by atoms with Crippen molar-refractivity contribution >= 4 is 10.0 Å². The minimum atomic E-state index is -3.11. The molecule has 1 heterocycles. The maximum absolute atomic E-state index is 11.2. The number of nitrogens with one attached hydrogen (secondary N) is 1. The second-order valence-electron chi connectivity index (χ2n) is 3.03. The predicted molar refractivity (Wildman–Crippen MR) is 55.3 cm³/mol. The summed E-state index contributed by atoms with van der Waals surface area (Å²) in [5, 5.41) is 0. The Morgan fingerprint density at radius 2 is 2.21 bits per heavy atom. The predicted octanol–water partition coefficient (Wildman–Crippen LogP) is 0.829. The van der Waals surface area contributed by atoms with Crippen molar-refractivity contribution in [3.63, 3.8) is 0 Å². The van der Waals surface area contributed by atoms with Gasteiger partial charge in [-0.15, -0.1) is 0 Å². The van der Waals surface area contributed by atoms with Gasteiger partial charge in [0.1, 0.15) is 0 Å². The van der Waals surface area contributed by atoms with E-state index >= 15 is 0 Å². The Morgan fingerprint density at radius 1 is 1.50 bits per heavy atom. The van der Waals surface area contributed by atoms with Crippen molar-refractivity contribution < 1.29 is 8.42 Å². The Bertz CT molecular complexity index is 401. The van der Waals surface area contributed by atoms with E-state index in [4.69, 9.17) is 0 Å². The molecule has 0 aliphatic heterocycles. The van der Waals surface area contributed by atoms with Crippen LogP contribution in [0.5, 0.6) is 0 Å². The summed E-state index contributed by atoms with van der Waals surface area (Å²) in [4.78, 5) is 3.94. The zero-order valence-corrected chi connectivity index (χ0v) is 9.13. The van der Waals surface area contributed by atoms with E-state index < -0.39 is 10.0 Å². The molecule has 0 saturated heterocycles. The molecule has 4 nitrogen and oxygen atoms in total. The molecule has 78 valence electrons. The monoisotopic (exact) mass is 214 g/mol. The normalized spacial score (nSPS) is 11.6. The highest BCUT2D eigenvalue weighted by Gasteiger charge is 2.06. The molecule has 0 saturated carbocycles. The van der Waals surface area contributed by atoms with Gasteiger partial charge in [0.15, 0.2) is 0 Å². The molecule has 0 aliphatic carbocycles. The molecule has 1 N–H and O–H groups in total. The van der Waals surface area contributed by atoms with Crippen LogP contribution in [-0.2, 0) is 16.6 Å². The Labute approximate surface area is 84.4 Å².